The molecular weight excluding hydrogens is 294 g/mol. The van der Waals surface area contributed by atoms with Crippen LogP contribution >= 0.6 is 0 Å². The number of hydrogen-bond donors (Lipinski definition) is 1. The van der Waals surface area contributed by atoms with Gasteiger partial charge in [0.1, 0.15) is 5.82 Å². The van der Waals surface area contributed by atoms with E-state index in [1.807, 2.05) is 12.1 Å². The smallest absolute Gasteiger partial charge is 0.255 e. The minimum absolute atomic E-state index is 0.0436. The Morgan fingerprint density at radius 1 is 1.17 bits per heavy atom. The maximum absolute atomic E-state index is 12.6. The molecule has 0 spiro atoms. The van der Waals surface area contributed by atoms with Gasteiger partial charge in [0.2, 0.25) is 0 Å². The van der Waals surface area contributed by atoms with Crippen LogP contribution in [-0.4, -0.2) is 36.6 Å². The zero-order valence-electron chi connectivity index (χ0n) is 13.2. The lowest BCUT2D eigenvalue weighted by molar-refractivity contribution is 0.0734. The van der Waals surface area contributed by atoms with Crippen LogP contribution in [0.1, 0.15) is 21.5 Å². The number of nitrogens with two attached hydrogens (primary N) is 1. The van der Waals surface area contributed by atoms with E-state index in [0.29, 0.717) is 36.0 Å². The van der Waals surface area contributed by atoms with E-state index in [-0.39, 0.29) is 5.91 Å². The van der Waals surface area contributed by atoms with E-state index >= 15 is 0 Å². The maximum atomic E-state index is 12.6. The van der Waals surface area contributed by atoms with Crippen LogP contribution in [0.3, 0.4) is 0 Å². The van der Waals surface area contributed by atoms with Crippen molar-refractivity contribution in [1.82, 2.24) is 9.88 Å². The van der Waals surface area contributed by atoms with Crippen molar-refractivity contribution in [2.24, 2.45) is 0 Å². The van der Waals surface area contributed by atoms with Gasteiger partial charge >= 0.3 is 0 Å². The van der Waals surface area contributed by atoms with E-state index in [1.165, 1.54) is 11.8 Å². The van der Waals surface area contributed by atoms with Crippen molar-refractivity contribution in [3.05, 3.63) is 47.2 Å². The maximum Gasteiger partial charge on any atom is 0.255 e. The fourth-order valence-electron chi connectivity index (χ4n) is 2.77. The van der Waals surface area contributed by atoms with Gasteiger partial charge in [0.25, 0.3) is 5.91 Å². The van der Waals surface area contributed by atoms with Gasteiger partial charge < -0.3 is 20.1 Å². The summed E-state index contributed by atoms with van der Waals surface area (Å²) in [6.45, 7) is 1.20. The Hall–Kier alpha value is -2.76. The second kappa shape index (κ2) is 6.16. The van der Waals surface area contributed by atoms with Crippen LogP contribution in [0.5, 0.6) is 11.5 Å². The van der Waals surface area contributed by atoms with Crippen LogP contribution in [0, 0.1) is 0 Å². The predicted molar refractivity (Wildman–Crippen MR) is 86.6 cm³/mol. The average Bonchev–Trinajstić information content (AvgIpc) is 2.60. The number of nitrogen functional groups attached to an aromatic ring is 1. The summed E-state index contributed by atoms with van der Waals surface area (Å²) >= 11 is 0. The zero-order chi connectivity index (χ0) is 16.4. The van der Waals surface area contributed by atoms with Crippen molar-refractivity contribution in [3.8, 4) is 11.5 Å². The highest BCUT2D eigenvalue weighted by Crippen LogP contribution is 2.33. The number of carbonyl (C=O) groups is 1. The third-order valence-corrected chi connectivity index (χ3v) is 4.04. The first kappa shape index (κ1) is 15.1. The molecule has 6 heteroatoms. The Morgan fingerprint density at radius 3 is 2.48 bits per heavy atom. The molecule has 120 valence electrons. The second-order valence-corrected chi connectivity index (χ2v) is 5.42. The Balaban J connectivity index is 1.84. The number of carbonyl (C=O) groups excluding carboxylic acids is 1. The van der Waals surface area contributed by atoms with Crippen LogP contribution in [0.2, 0.25) is 0 Å². The van der Waals surface area contributed by atoms with Gasteiger partial charge in [0, 0.05) is 19.3 Å². The Labute approximate surface area is 134 Å². The SMILES string of the molecule is COc1cc2c(cc1OC)CN(C(=O)c1ccc(N)nc1)CC2. The lowest BCUT2D eigenvalue weighted by Crippen LogP contribution is -2.36. The van der Waals surface area contributed by atoms with Crippen LogP contribution in [0.4, 0.5) is 5.82 Å². The van der Waals surface area contributed by atoms with Gasteiger partial charge in [-0.1, -0.05) is 0 Å². The highest BCUT2D eigenvalue weighted by molar-refractivity contribution is 5.94. The molecule has 3 rings (SSSR count). The molecule has 2 aromatic rings. The van der Waals surface area contributed by atoms with Crippen molar-refractivity contribution in [2.75, 3.05) is 26.5 Å². The first-order valence-electron chi connectivity index (χ1n) is 7.37. The lowest BCUT2D eigenvalue weighted by atomic mass is 9.98. The number of rotatable bonds is 3. The third-order valence-electron chi connectivity index (χ3n) is 4.04. The summed E-state index contributed by atoms with van der Waals surface area (Å²) < 4.78 is 10.7. The highest BCUT2D eigenvalue weighted by atomic mass is 16.5. The molecule has 1 aliphatic rings. The van der Waals surface area contributed by atoms with Gasteiger partial charge in [-0.05, 0) is 41.8 Å². The number of hydrogen-bond acceptors (Lipinski definition) is 5. The van der Waals surface area contributed by atoms with Crippen LogP contribution in [-0.2, 0) is 13.0 Å². The molecule has 0 aliphatic carbocycles. The summed E-state index contributed by atoms with van der Waals surface area (Å²) in [5.41, 5.74) is 8.37. The molecule has 1 aromatic carbocycles. The molecule has 2 heterocycles. The average molecular weight is 313 g/mol. The van der Waals surface area contributed by atoms with E-state index in [0.717, 1.165) is 12.0 Å². The largest absolute Gasteiger partial charge is 0.493 e. The highest BCUT2D eigenvalue weighted by Gasteiger charge is 2.23. The summed E-state index contributed by atoms with van der Waals surface area (Å²) in [6, 6.07) is 7.27. The first-order chi connectivity index (χ1) is 11.1. The fourth-order valence-corrected chi connectivity index (χ4v) is 2.77. The molecule has 1 aromatic heterocycles. The van der Waals surface area contributed by atoms with Crippen LogP contribution in [0.15, 0.2) is 30.5 Å². The number of fused-ring (bicyclic) bond motifs is 1. The Kier molecular flexibility index (Phi) is 4.06. The van der Waals surface area contributed by atoms with Crippen molar-refractivity contribution in [1.29, 1.82) is 0 Å². The molecule has 23 heavy (non-hydrogen) atoms. The van der Waals surface area contributed by atoms with Crippen LogP contribution < -0.4 is 15.2 Å². The number of pyridine rings is 1. The molecule has 2 N–H and O–H groups in total. The zero-order valence-corrected chi connectivity index (χ0v) is 13.2. The van der Waals surface area contributed by atoms with Crippen molar-refractivity contribution in [3.63, 3.8) is 0 Å². The second-order valence-electron chi connectivity index (χ2n) is 5.42. The Bertz CT molecular complexity index is 729. The molecule has 0 fully saturated rings. The van der Waals surface area contributed by atoms with Crippen LogP contribution in [0.25, 0.3) is 0 Å². The van der Waals surface area contributed by atoms with Crippen molar-refractivity contribution in [2.45, 2.75) is 13.0 Å². The molecule has 0 bridgehead atoms. The number of anilines is 1. The van der Waals surface area contributed by atoms with Crippen molar-refractivity contribution < 1.29 is 14.3 Å². The first-order valence-corrected chi connectivity index (χ1v) is 7.37. The molecule has 0 unspecified atom stereocenters. The minimum atomic E-state index is -0.0436. The fraction of sp³-hybridized carbons (Fsp3) is 0.294. The quantitative estimate of drug-likeness (QED) is 0.936. The number of nitrogens with zero attached hydrogens (tertiary/aromatic N) is 2. The number of ether oxygens (including phenoxy) is 2. The van der Waals surface area contributed by atoms with Gasteiger partial charge in [0.15, 0.2) is 11.5 Å². The topological polar surface area (TPSA) is 77.7 Å². The summed E-state index contributed by atoms with van der Waals surface area (Å²) in [5.74, 6) is 1.75. The molecule has 1 amide bonds. The monoisotopic (exact) mass is 313 g/mol. The number of amides is 1. The summed E-state index contributed by atoms with van der Waals surface area (Å²) in [7, 11) is 3.23. The molecular formula is C17H19N3O3. The normalized spacial score (nSPS) is 13.4. The van der Waals surface area contributed by atoms with Gasteiger partial charge in [-0.3, -0.25) is 4.79 Å². The van der Waals surface area contributed by atoms with E-state index in [2.05, 4.69) is 4.98 Å². The van der Waals surface area contributed by atoms with Gasteiger partial charge in [-0.25, -0.2) is 4.98 Å². The molecule has 0 saturated heterocycles. The van der Waals surface area contributed by atoms with Crippen molar-refractivity contribution >= 4 is 11.7 Å². The number of methoxy groups -OCH3 is 2. The van der Waals surface area contributed by atoms with E-state index in [1.54, 1.807) is 31.3 Å². The summed E-state index contributed by atoms with van der Waals surface area (Å²) in [6.07, 6.45) is 2.30. The lowest BCUT2D eigenvalue weighted by Gasteiger charge is -2.29. The predicted octanol–water partition coefficient (Wildman–Crippen LogP) is 1.88. The number of aromatic nitrogens is 1. The molecule has 0 radical (unpaired) electrons. The molecule has 1 aliphatic heterocycles. The molecule has 0 saturated carbocycles. The third kappa shape index (κ3) is 2.92. The molecule has 6 nitrogen and oxygen atoms in total. The van der Waals surface area contributed by atoms with Gasteiger partial charge in [0.05, 0.1) is 19.8 Å². The van der Waals surface area contributed by atoms with E-state index in [4.69, 9.17) is 15.2 Å². The van der Waals surface area contributed by atoms with E-state index < -0.39 is 0 Å². The van der Waals surface area contributed by atoms with E-state index in [9.17, 15) is 4.79 Å². The molecule has 0 atom stereocenters. The standard InChI is InChI=1S/C17H19N3O3/c1-22-14-7-11-5-6-20(10-13(11)8-15(14)23-2)17(21)12-3-4-16(18)19-9-12/h3-4,7-9H,5-6,10H2,1-2H3,(H2,18,19). The summed E-state index contributed by atoms with van der Waals surface area (Å²) in [4.78, 5) is 18.4. The number of benzene rings is 1. The van der Waals surface area contributed by atoms with Gasteiger partial charge in [-0.2, -0.15) is 0 Å². The Morgan fingerprint density at radius 2 is 1.87 bits per heavy atom. The summed E-state index contributed by atoms with van der Waals surface area (Å²) in [5, 5.41) is 0. The minimum Gasteiger partial charge on any atom is -0.493 e. The van der Waals surface area contributed by atoms with Gasteiger partial charge in [-0.15, -0.1) is 0 Å².